The Labute approximate surface area is 113 Å². The molecule has 2 aromatic heterocycles. The lowest BCUT2D eigenvalue weighted by Crippen LogP contribution is -2.07. The Kier molecular flexibility index (Phi) is 3.08. The first-order valence-electron chi connectivity index (χ1n) is 6.08. The number of benzene rings is 1. The van der Waals surface area contributed by atoms with Crippen LogP contribution in [0.4, 0.5) is 4.39 Å². The van der Waals surface area contributed by atoms with Gasteiger partial charge in [0.2, 0.25) is 0 Å². The van der Waals surface area contributed by atoms with E-state index in [9.17, 15) is 9.50 Å². The van der Waals surface area contributed by atoms with E-state index < -0.39 is 6.10 Å². The van der Waals surface area contributed by atoms with Crippen molar-refractivity contribution in [2.75, 3.05) is 0 Å². The third-order valence-corrected chi connectivity index (χ3v) is 4.25. The molecule has 2 heterocycles. The number of aromatic nitrogens is 2. The van der Waals surface area contributed by atoms with E-state index in [2.05, 4.69) is 5.10 Å². The SMILES string of the molecule is CCn1nccc1C(O)c1cc2ccc(F)cc2s1. The zero-order valence-electron chi connectivity index (χ0n) is 10.4. The van der Waals surface area contributed by atoms with Crippen molar-refractivity contribution >= 4 is 21.4 Å². The quantitative estimate of drug-likeness (QED) is 0.796. The van der Waals surface area contributed by atoms with Crippen molar-refractivity contribution in [3.05, 3.63) is 52.9 Å². The fraction of sp³-hybridized carbons (Fsp3) is 0.214. The minimum Gasteiger partial charge on any atom is -0.381 e. The molecule has 0 saturated heterocycles. The highest BCUT2D eigenvalue weighted by atomic mass is 32.1. The molecule has 0 spiro atoms. The zero-order valence-corrected chi connectivity index (χ0v) is 11.2. The summed E-state index contributed by atoms with van der Waals surface area (Å²) in [6.45, 7) is 2.68. The van der Waals surface area contributed by atoms with Gasteiger partial charge < -0.3 is 5.11 Å². The predicted octanol–water partition coefficient (Wildman–Crippen LogP) is 3.34. The third-order valence-electron chi connectivity index (χ3n) is 3.10. The average molecular weight is 276 g/mol. The van der Waals surface area contributed by atoms with Gasteiger partial charge in [-0.1, -0.05) is 6.07 Å². The molecule has 3 rings (SSSR count). The Morgan fingerprint density at radius 3 is 3.00 bits per heavy atom. The van der Waals surface area contributed by atoms with E-state index in [4.69, 9.17) is 0 Å². The molecule has 1 N–H and O–H groups in total. The molecule has 0 saturated carbocycles. The number of thiophene rings is 1. The van der Waals surface area contributed by atoms with E-state index in [1.807, 2.05) is 13.0 Å². The molecule has 3 aromatic rings. The van der Waals surface area contributed by atoms with Crippen LogP contribution in [0.1, 0.15) is 23.6 Å². The number of nitrogens with zero attached hydrogens (tertiary/aromatic N) is 2. The second-order valence-electron chi connectivity index (χ2n) is 4.31. The van der Waals surface area contributed by atoms with Gasteiger partial charge in [-0.25, -0.2) is 4.39 Å². The smallest absolute Gasteiger partial charge is 0.130 e. The van der Waals surface area contributed by atoms with Crippen LogP contribution in [0.2, 0.25) is 0 Å². The van der Waals surface area contributed by atoms with Gasteiger partial charge in [-0.2, -0.15) is 5.10 Å². The monoisotopic (exact) mass is 276 g/mol. The Hall–Kier alpha value is -1.72. The normalized spacial score (nSPS) is 13.0. The fourth-order valence-corrected chi connectivity index (χ4v) is 3.23. The number of halogens is 1. The molecular formula is C14H13FN2OS. The summed E-state index contributed by atoms with van der Waals surface area (Å²) in [5, 5.41) is 15.5. The molecule has 0 fully saturated rings. The number of hydrogen-bond donors (Lipinski definition) is 1. The van der Waals surface area contributed by atoms with Gasteiger partial charge in [0.15, 0.2) is 0 Å². The van der Waals surface area contributed by atoms with E-state index in [0.29, 0.717) is 6.54 Å². The largest absolute Gasteiger partial charge is 0.381 e. The van der Waals surface area contributed by atoms with Crippen LogP contribution in [0.5, 0.6) is 0 Å². The van der Waals surface area contributed by atoms with Gasteiger partial charge in [-0.15, -0.1) is 11.3 Å². The van der Waals surface area contributed by atoms with Crippen LogP contribution < -0.4 is 0 Å². The Bertz CT molecular complexity index is 719. The number of rotatable bonds is 3. The van der Waals surface area contributed by atoms with Crippen molar-refractivity contribution in [3.63, 3.8) is 0 Å². The van der Waals surface area contributed by atoms with Gasteiger partial charge in [0, 0.05) is 22.3 Å². The van der Waals surface area contributed by atoms with E-state index in [0.717, 1.165) is 20.7 Å². The topological polar surface area (TPSA) is 38.0 Å². The maximum absolute atomic E-state index is 13.2. The highest BCUT2D eigenvalue weighted by Gasteiger charge is 2.17. The molecule has 0 radical (unpaired) electrons. The molecule has 5 heteroatoms. The average Bonchev–Trinajstić information content (AvgIpc) is 3.03. The van der Waals surface area contributed by atoms with Gasteiger partial charge in [-0.05, 0) is 36.6 Å². The number of fused-ring (bicyclic) bond motifs is 1. The summed E-state index contributed by atoms with van der Waals surface area (Å²) < 4.78 is 15.8. The molecule has 98 valence electrons. The Balaban J connectivity index is 2.04. The summed E-state index contributed by atoms with van der Waals surface area (Å²) in [5.74, 6) is -0.256. The molecule has 0 bridgehead atoms. The van der Waals surface area contributed by atoms with Crippen molar-refractivity contribution in [1.82, 2.24) is 9.78 Å². The summed E-state index contributed by atoms with van der Waals surface area (Å²) in [4.78, 5) is 0.802. The first-order chi connectivity index (χ1) is 9.19. The molecule has 0 aliphatic heterocycles. The number of aliphatic hydroxyl groups is 1. The zero-order chi connectivity index (χ0) is 13.4. The summed E-state index contributed by atoms with van der Waals surface area (Å²) in [5.41, 5.74) is 0.759. The minimum atomic E-state index is -0.720. The highest BCUT2D eigenvalue weighted by Crippen LogP contribution is 2.33. The summed E-state index contributed by atoms with van der Waals surface area (Å²) in [6.07, 6.45) is 0.956. The van der Waals surface area contributed by atoms with Gasteiger partial charge in [-0.3, -0.25) is 4.68 Å². The maximum Gasteiger partial charge on any atom is 0.130 e. The van der Waals surface area contributed by atoms with Crippen molar-refractivity contribution < 1.29 is 9.50 Å². The Morgan fingerprint density at radius 2 is 2.21 bits per heavy atom. The lowest BCUT2D eigenvalue weighted by Gasteiger charge is -2.10. The first-order valence-corrected chi connectivity index (χ1v) is 6.89. The second-order valence-corrected chi connectivity index (χ2v) is 5.42. The van der Waals surface area contributed by atoms with E-state index in [-0.39, 0.29) is 5.82 Å². The van der Waals surface area contributed by atoms with Crippen LogP contribution in [0.3, 0.4) is 0 Å². The summed E-state index contributed by atoms with van der Waals surface area (Å²) >= 11 is 1.41. The molecule has 19 heavy (non-hydrogen) atoms. The van der Waals surface area contributed by atoms with Gasteiger partial charge in [0.1, 0.15) is 11.9 Å². The summed E-state index contributed by atoms with van der Waals surface area (Å²) in [6, 6.07) is 8.36. The molecule has 0 aliphatic rings. The predicted molar refractivity (Wildman–Crippen MR) is 73.7 cm³/mol. The molecule has 1 atom stereocenters. The second kappa shape index (κ2) is 4.75. The Morgan fingerprint density at radius 1 is 1.37 bits per heavy atom. The standard InChI is InChI=1S/C14H13FN2OS/c1-2-17-11(5-6-16-17)14(18)13-7-9-3-4-10(15)8-12(9)19-13/h3-8,14,18H,2H2,1H3. The van der Waals surface area contributed by atoms with Crippen molar-refractivity contribution in [2.24, 2.45) is 0 Å². The van der Waals surface area contributed by atoms with Crippen LogP contribution in [0.25, 0.3) is 10.1 Å². The molecule has 1 aromatic carbocycles. The van der Waals surface area contributed by atoms with Gasteiger partial charge in [0.25, 0.3) is 0 Å². The van der Waals surface area contributed by atoms with Gasteiger partial charge in [0.05, 0.1) is 5.69 Å². The lowest BCUT2D eigenvalue weighted by atomic mass is 10.2. The van der Waals surface area contributed by atoms with Crippen LogP contribution in [0.15, 0.2) is 36.5 Å². The third kappa shape index (κ3) is 2.15. The minimum absolute atomic E-state index is 0.256. The van der Waals surface area contributed by atoms with Crippen molar-refractivity contribution in [2.45, 2.75) is 19.6 Å². The molecule has 0 amide bonds. The van der Waals surface area contributed by atoms with Crippen LogP contribution in [0, 0.1) is 5.82 Å². The molecule has 3 nitrogen and oxygen atoms in total. The number of aryl methyl sites for hydroxylation is 1. The molecule has 0 aliphatic carbocycles. The van der Waals surface area contributed by atoms with E-state index >= 15 is 0 Å². The van der Waals surface area contributed by atoms with Crippen LogP contribution >= 0.6 is 11.3 Å². The first kappa shape index (κ1) is 12.3. The summed E-state index contributed by atoms with van der Waals surface area (Å²) in [7, 11) is 0. The van der Waals surface area contributed by atoms with Gasteiger partial charge >= 0.3 is 0 Å². The number of hydrogen-bond acceptors (Lipinski definition) is 3. The molecular weight excluding hydrogens is 263 g/mol. The lowest BCUT2D eigenvalue weighted by molar-refractivity contribution is 0.212. The number of aliphatic hydroxyl groups excluding tert-OH is 1. The van der Waals surface area contributed by atoms with Crippen LogP contribution in [-0.2, 0) is 6.54 Å². The van der Waals surface area contributed by atoms with Crippen molar-refractivity contribution in [1.29, 1.82) is 0 Å². The highest BCUT2D eigenvalue weighted by molar-refractivity contribution is 7.19. The van der Waals surface area contributed by atoms with E-state index in [1.165, 1.54) is 23.5 Å². The fourth-order valence-electron chi connectivity index (χ4n) is 2.15. The molecule has 1 unspecified atom stereocenters. The maximum atomic E-state index is 13.2. The van der Waals surface area contributed by atoms with Crippen molar-refractivity contribution in [3.8, 4) is 0 Å². The van der Waals surface area contributed by atoms with E-state index in [1.54, 1.807) is 23.0 Å². The van der Waals surface area contributed by atoms with Crippen LogP contribution in [-0.4, -0.2) is 14.9 Å².